The standard InChI is InChI=1S/C19H20N4O2S/c1-3-18(25)23-11-14(12-23)10-17(24)22-16-6-5-15(9-13(16)2)26-19-20-7-4-8-21-19/h3-9,14H,1,10-12H2,2H3,(H,22,24). The Hall–Kier alpha value is -2.67. The molecule has 1 fully saturated rings. The highest BCUT2D eigenvalue weighted by Gasteiger charge is 2.30. The van der Waals surface area contributed by atoms with Crippen LogP contribution < -0.4 is 5.32 Å². The summed E-state index contributed by atoms with van der Waals surface area (Å²) < 4.78 is 0. The molecule has 1 aromatic heterocycles. The lowest BCUT2D eigenvalue weighted by Crippen LogP contribution is -2.50. The summed E-state index contributed by atoms with van der Waals surface area (Å²) in [5.74, 6) is 0.104. The van der Waals surface area contributed by atoms with Crippen LogP contribution in [0, 0.1) is 12.8 Å². The number of hydrogen-bond donors (Lipinski definition) is 1. The van der Waals surface area contributed by atoms with Crippen LogP contribution in [-0.2, 0) is 9.59 Å². The molecule has 0 spiro atoms. The van der Waals surface area contributed by atoms with E-state index in [1.165, 1.54) is 17.8 Å². The SMILES string of the molecule is C=CC(=O)N1CC(CC(=O)Nc2ccc(Sc3ncccn3)cc2C)C1. The van der Waals surface area contributed by atoms with Crippen molar-refractivity contribution in [3.8, 4) is 0 Å². The van der Waals surface area contributed by atoms with Crippen LogP contribution in [0.4, 0.5) is 5.69 Å². The molecule has 6 nitrogen and oxygen atoms in total. The lowest BCUT2D eigenvalue weighted by atomic mass is 9.95. The quantitative estimate of drug-likeness (QED) is 0.627. The zero-order chi connectivity index (χ0) is 18.5. The minimum atomic E-state index is -0.0759. The van der Waals surface area contributed by atoms with E-state index in [1.54, 1.807) is 23.4 Å². The Labute approximate surface area is 156 Å². The second-order valence-electron chi connectivity index (χ2n) is 6.18. The molecular formula is C19H20N4O2S. The molecule has 134 valence electrons. The summed E-state index contributed by atoms with van der Waals surface area (Å²) in [5.41, 5.74) is 1.78. The van der Waals surface area contributed by atoms with E-state index in [9.17, 15) is 9.59 Å². The van der Waals surface area contributed by atoms with Crippen LogP contribution >= 0.6 is 11.8 Å². The van der Waals surface area contributed by atoms with Gasteiger partial charge in [-0.05, 0) is 54.6 Å². The first kappa shape index (κ1) is 18.1. The number of carbonyl (C=O) groups is 2. The Balaban J connectivity index is 1.53. The molecule has 0 radical (unpaired) electrons. The molecule has 0 atom stereocenters. The molecule has 26 heavy (non-hydrogen) atoms. The van der Waals surface area contributed by atoms with E-state index in [0.29, 0.717) is 24.7 Å². The highest BCUT2D eigenvalue weighted by atomic mass is 32.2. The fraction of sp³-hybridized carbons (Fsp3) is 0.263. The lowest BCUT2D eigenvalue weighted by molar-refractivity contribution is -0.134. The van der Waals surface area contributed by atoms with E-state index >= 15 is 0 Å². The smallest absolute Gasteiger partial charge is 0.245 e. The Morgan fingerprint density at radius 2 is 2.08 bits per heavy atom. The van der Waals surface area contributed by atoms with Crippen LogP contribution in [0.2, 0.25) is 0 Å². The van der Waals surface area contributed by atoms with Crippen LogP contribution in [-0.4, -0.2) is 39.8 Å². The third-order valence-corrected chi connectivity index (χ3v) is 5.02. The van der Waals surface area contributed by atoms with E-state index < -0.39 is 0 Å². The molecule has 2 amide bonds. The lowest BCUT2D eigenvalue weighted by Gasteiger charge is -2.38. The number of nitrogens with zero attached hydrogens (tertiary/aromatic N) is 3. The summed E-state index contributed by atoms with van der Waals surface area (Å²) in [7, 11) is 0. The van der Waals surface area contributed by atoms with E-state index in [2.05, 4.69) is 21.9 Å². The number of aryl methyl sites for hydroxylation is 1. The van der Waals surface area contributed by atoms with Gasteiger partial charge in [-0.1, -0.05) is 6.58 Å². The Bertz CT molecular complexity index is 820. The molecule has 1 aliphatic rings. The molecule has 0 saturated carbocycles. The van der Waals surface area contributed by atoms with Gasteiger partial charge in [0.05, 0.1) is 0 Å². The number of carbonyl (C=O) groups excluding carboxylic acids is 2. The largest absolute Gasteiger partial charge is 0.338 e. The molecule has 0 unspecified atom stereocenters. The number of hydrogen-bond acceptors (Lipinski definition) is 5. The number of aromatic nitrogens is 2. The monoisotopic (exact) mass is 368 g/mol. The molecule has 1 aromatic carbocycles. The van der Waals surface area contributed by atoms with Gasteiger partial charge in [-0.25, -0.2) is 9.97 Å². The van der Waals surface area contributed by atoms with E-state index in [-0.39, 0.29) is 17.7 Å². The fourth-order valence-electron chi connectivity index (χ4n) is 2.75. The zero-order valence-corrected chi connectivity index (χ0v) is 15.3. The van der Waals surface area contributed by atoms with Crippen LogP contribution in [0.1, 0.15) is 12.0 Å². The van der Waals surface area contributed by atoms with Crippen molar-refractivity contribution >= 4 is 29.3 Å². The molecule has 3 rings (SSSR count). The predicted molar refractivity (Wildman–Crippen MR) is 101 cm³/mol. The first-order valence-corrected chi connectivity index (χ1v) is 9.13. The minimum Gasteiger partial charge on any atom is -0.338 e. The maximum absolute atomic E-state index is 12.2. The molecule has 1 N–H and O–H groups in total. The number of benzene rings is 1. The number of likely N-dealkylation sites (tertiary alicyclic amines) is 1. The Kier molecular flexibility index (Phi) is 5.68. The zero-order valence-electron chi connectivity index (χ0n) is 14.5. The summed E-state index contributed by atoms with van der Waals surface area (Å²) >= 11 is 1.48. The van der Waals surface area contributed by atoms with E-state index in [0.717, 1.165) is 16.1 Å². The van der Waals surface area contributed by atoms with Gasteiger partial charge in [0.25, 0.3) is 0 Å². The summed E-state index contributed by atoms with van der Waals surface area (Å²) in [6.45, 7) is 6.66. The molecular weight excluding hydrogens is 348 g/mol. The summed E-state index contributed by atoms with van der Waals surface area (Å²) in [6, 6.07) is 7.62. The van der Waals surface area contributed by atoms with Gasteiger partial charge in [0.2, 0.25) is 11.8 Å². The average Bonchev–Trinajstić information content (AvgIpc) is 2.60. The predicted octanol–water partition coefficient (Wildman–Crippen LogP) is 2.91. The van der Waals surface area contributed by atoms with Gasteiger partial charge in [0.1, 0.15) is 0 Å². The molecule has 0 bridgehead atoms. The molecule has 2 heterocycles. The molecule has 1 saturated heterocycles. The van der Waals surface area contributed by atoms with Crippen molar-refractivity contribution < 1.29 is 9.59 Å². The summed E-state index contributed by atoms with van der Waals surface area (Å²) in [4.78, 5) is 34.7. The maximum atomic E-state index is 12.2. The Morgan fingerprint density at radius 3 is 2.73 bits per heavy atom. The average molecular weight is 368 g/mol. The van der Waals surface area contributed by atoms with Crippen LogP contribution in [0.15, 0.2) is 59.4 Å². The second kappa shape index (κ2) is 8.14. The van der Waals surface area contributed by atoms with E-state index in [1.807, 2.05) is 25.1 Å². The van der Waals surface area contributed by atoms with Crippen molar-refractivity contribution in [2.45, 2.75) is 23.4 Å². The number of nitrogens with one attached hydrogen (secondary N) is 1. The van der Waals surface area contributed by atoms with Gasteiger partial charge >= 0.3 is 0 Å². The number of amides is 2. The topological polar surface area (TPSA) is 75.2 Å². The van der Waals surface area contributed by atoms with Crippen LogP contribution in [0.25, 0.3) is 0 Å². The Morgan fingerprint density at radius 1 is 1.35 bits per heavy atom. The third-order valence-electron chi connectivity index (χ3n) is 4.14. The van der Waals surface area contributed by atoms with Crippen LogP contribution in [0.5, 0.6) is 0 Å². The van der Waals surface area contributed by atoms with Crippen molar-refractivity contribution in [1.29, 1.82) is 0 Å². The number of rotatable bonds is 6. The van der Waals surface area contributed by atoms with Crippen LogP contribution in [0.3, 0.4) is 0 Å². The maximum Gasteiger partial charge on any atom is 0.245 e. The van der Waals surface area contributed by atoms with Gasteiger partial charge in [0, 0.05) is 48.4 Å². The van der Waals surface area contributed by atoms with Crippen molar-refractivity contribution in [3.05, 3.63) is 54.9 Å². The first-order valence-electron chi connectivity index (χ1n) is 8.32. The molecule has 2 aromatic rings. The third kappa shape index (κ3) is 4.49. The minimum absolute atomic E-state index is 0.0319. The van der Waals surface area contributed by atoms with Crippen molar-refractivity contribution in [1.82, 2.24) is 14.9 Å². The van der Waals surface area contributed by atoms with Gasteiger partial charge in [-0.2, -0.15) is 0 Å². The van der Waals surface area contributed by atoms with Crippen molar-refractivity contribution in [2.75, 3.05) is 18.4 Å². The molecule has 0 aliphatic carbocycles. The highest BCUT2D eigenvalue weighted by Crippen LogP contribution is 2.28. The first-order chi connectivity index (χ1) is 12.5. The van der Waals surface area contributed by atoms with Crippen molar-refractivity contribution in [3.63, 3.8) is 0 Å². The van der Waals surface area contributed by atoms with Gasteiger partial charge in [-0.15, -0.1) is 0 Å². The highest BCUT2D eigenvalue weighted by molar-refractivity contribution is 7.99. The van der Waals surface area contributed by atoms with Gasteiger partial charge < -0.3 is 10.2 Å². The van der Waals surface area contributed by atoms with Gasteiger partial charge in [0.15, 0.2) is 5.16 Å². The van der Waals surface area contributed by atoms with Crippen molar-refractivity contribution in [2.24, 2.45) is 5.92 Å². The van der Waals surface area contributed by atoms with Gasteiger partial charge in [-0.3, -0.25) is 9.59 Å². The fourth-order valence-corrected chi connectivity index (χ4v) is 3.56. The molecule has 7 heteroatoms. The summed E-state index contributed by atoms with van der Waals surface area (Å²) in [5, 5.41) is 3.64. The second-order valence-corrected chi connectivity index (χ2v) is 7.22. The normalized spacial score (nSPS) is 13.8. The molecule has 1 aliphatic heterocycles. The number of anilines is 1. The summed E-state index contributed by atoms with van der Waals surface area (Å²) in [6.07, 6.45) is 5.14. The van der Waals surface area contributed by atoms with E-state index in [4.69, 9.17) is 0 Å².